The molecule has 1 nitrogen and oxygen atoms in total. The molecule has 0 bridgehead atoms. The van der Waals surface area contributed by atoms with Crippen molar-refractivity contribution in [3.63, 3.8) is 0 Å². The molecule has 0 radical (unpaired) electrons. The van der Waals surface area contributed by atoms with Gasteiger partial charge in [0.2, 0.25) is 0 Å². The smallest absolute Gasteiger partial charge is 0.0185 e. The zero-order chi connectivity index (χ0) is 13.8. The summed E-state index contributed by atoms with van der Waals surface area (Å²) >= 11 is 3.81. The molecule has 2 heterocycles. The molecule has 0 aliphatic carbocycles. The quantitative estimate of drug-likeness (QED) is 0.840. The van der Waals surface area contributed by atoms with Crippen molar-refractivity contribution in [2.75, 3.05) is 12.3 Å². The summed E-state index contributed by atoms with van der Waals surface area (Å²) in [6, 6.07) is 11.7. The van der Waals surface area contributed by atoms with Gasteiger partial charge < -0.3 is 5.32 Å². The summed E-state index contributed by atoms with van der Waals surface area (Å²) in [7, 11) is 0. The van der Waals surface area contributed by atoms with Gasteiger partial charge in [0.05, 0.1) is 0 Å². The van der Waals surface area contributed by atoms with E-state index in [-0.39, 0.29) is 0 Å². The molecule has 0 amide bonds. The van der Waals surface area contributed by atoms with E-state index < -0.39 is 0 Å². The molecule has 1 aliphatic rings. The zero-order valence-electron chi connectivity index (χ0n) is 11.8. The molecule has 0 saturated carbocycles. The van der Waals surface area contributed by atoms with Crippen LogP contribution in [0.4, 0.5) is 0 Å². The minimum absolute atomic E-state index is 0.556. The van der Waals surface area contributed by atoms with Crippen molar-refractivity contribution in [2.45, 2.75) is 36.6 Å². The average molecular weight is 303 g/mol. The van der Waals surface area contributed by atoms with Crippen LogP contribution in [0.3, 0.4) is 0 Å². The highest BCUT2D eigenvalue weighted by Crippen LogP contribution is 2.41. The minimum atomic E-state index is 0.556. The van der Waals surface area contributed by atoms with Gasteiger partial charge in [-0.2, -0.15) is 11.3 Å². The van der Waals surface area contributed by atoms with E-state index in [1.807, 2.05) is 11.8 Å². The van der Waals surface area contributed by atoms with Crippen molar-refractivity contribution in [1.82, 2.24) is 5.32 Å². The summed E-state index contributed by atoms with van der Waals surface area (Å²) in [5, 5.41) is 8.25. The van der Waals surface area contributed by atoms with Gasteiger partial charge in [-0.05, 0) is 53.4 Å². The first-order valence-corrected chi connectivity index (χ1v) is 9.27. The molecule has 1 aliphatic heterocycles. The Kier molecular flexibility index (Phi) is 4.81. The van der Waals surface area contributed by atoms with Crippen molar-refractivity contribution in [3.8, 4) is 0 Å². The van der Waals surface area contributed by atoms with E-state index >= 15 is 0 Å². The highest BCUT2D eigenvalue weighted by Gasteiger charge is 2.29. The fraction of sp³-hybridized carbons (Fsp3) is 0.412. The van der Waals surface area contributed by atoms with E-state index in [0.29, 0.717) is 12.0 Å². The monoisotopic (exact) mass is 303 g/mol. The third kappa shape index (κ3) is 3.11. The molecular weight excluding hydrogens is 282 g/mol. The molecule has 3 heteroatoms. The fourth-order valence-electron chi connectivity index (χ4n) is 2.87. The second-order valence-corrected chi connectivity index (χ2v) is 7.19. The summed E-state index contributed by atoms with van der Waals surface area (Å²) in [4.78, 5) is 1.48. The molecule has 1 aromatic heterocycles. The second kappa shape index (κ2) is 6.79. The van der Waals surface area contributed by atoms with E-state index in [1.54, 1.807) is 16.9 Å². The normalized spacial score (nSPS) is 18.9. The first kappa shape index (κ1) is 14.2. The predicted molar refractivity (Wildman–Crippen MR) is 90.0 cm³/mol. The van der Waals surface area contributed by atoms with E-state index in [2.05, 4.69) is 53.3 Å². The molecule has 1 N–H and O–H groups in total. The first-order valence-electron chi connectivity index (χ1n) is 7.34. The third-order valence-corrected chi connectivity index (χ3v) is 5.86. The maximum Gasteiger partial charge on any atom is 0.0185 e. The van der Waals surface area contributed by atoms with Gasteiger partial charge in [0, 0.05) is 22.6 Å². The van der Waals surface area contributed by atoms with E-state index in [9.17, 15) is 0 Å². The molecule has 2 aromatic rings. The van der Waals surface area contributed by atoms with Crippen LogP contribution in [0.25, 0.3) is 0 Å². The molecule has 2 unspecified atom stereocenters. The third-order valence-electron chi connectivity index (χ3n) is 3.91. The lowest BCUT2D eigenvalue weighted by Crippen LogP contribution is -2.37. The molecule has 0 spiro atoms. The number of hydrogen-bond acceptors (Lipinski definition) is 3. The Morgan fingerprint density at radius 3 is 3.00 bits per heavy atom. The van der Waals surface area contributed by atoms with E-state index in [4.69, 9.17) is 0 Å². The van der Waals surface area contributed by atoms with Crippen LogP contribution in [0.1, 0.15) is 30.4 Å². The van der Waals surface area contributed by atoms with Crippen LogP contribution in [0.2, 0.25) is 0 Å². The Hall–Kier alpha value is -0.770. The Balaban J connectivity index is 1.79. The van der Waals surface area contributed by atoms with Gasteiger partial charge in [-0.25, -0.2) is 0 Å². The molecule has 3 rings (SSSR count). The lowest BCUT2D eigenvalue weighted by Gasteiger charge is -2.25. The standard InChI is InChI=1S/C17H21NS2/c1-2-8-18-16(10-13-7-9-19-11-13)15-12-20-17-6-4-3-5-14(15)17/h3-7,9,11,15-16,18H,2,8,10,12H2,1H3. The number of nitrogens with one attached hydrogen (secondary N) is 1. The highest BCUT2D eigenvalue weighted by molar-refractivity contribution is 7.99. The maximum atomic E-state index is 3.78. The largest absolute Gasteiger partial charge is 0.313 e. The molecule has 2 atom stereocenters. The summed E-state index contributed by atoms with van der Waals surface area (Å²) in [5.74, 6) is 1.85. The van der Waals surface area contributed by atoms with Gasteiger partial charge in [-0.15, -0.1) is 11.8 Å². The van der Waals surface area contributed by atoms with Crippen LogP contribution in [-0.4, -0.2) is 18.3 Å². The Morgan fingerprint density at radius 2 is 2.20 bits per heavy atom. The molecule has 0 fully saturated rings. The number of fused-ring (bicyclic) bond motifs is 1. The predicted octanol–water partition coefficient (Wildman–Crippen LogP) is 4.55. The van der Waals surface area contributed by atoms with Gasteiger partial charge in [-0.3, -0.25) is 0 Å². The Morgan fingerprint density at radius 1 is 1.30 bits per heavy atom. The van der Waals surface area contributed by atoms with Gasteiger partial charge >= 0.3 is 0 Å². The van der Waals surface area contributed by atoms with Crippen LogP contribution in [0.15, 0.2) is 46.0 Å². The molecule has 0 saturated heterocycles. The van der Waals surface area contributed by atoms with Crippen molar-refractivity contribution in [1.29, 1.82) is 0 Å². The van der Waals surface area contributed by atoms with Gasteiger partial charge in [0.15, 0.2) is 0 Å². The fourth-order valence-corrected chi connectivity index (χ4v) is 4.88. The Labute approximate surface area is 129 Å². The minimum Gasteiger partial charge on any atom is -0.313 e. The van der Waals surface area contributed by atoms with Crippen LogP contribution >= 0.6 is 23.1 Å². The maximum absolute atomic E-state index is 3.78. The number of rotatable bonds is 6. The van der Waals surface area contributed by atoms with E-state index in [0.717, 1.165) is 13.0 Å². The zero-order valence-corrected chi connectivity index (χ0v) is 13.5. The topological polar surface area (TPSA) is 12.0 Å². The molecular formula is C17H21NS2. The summed E-state index contributed by atoms with van der Waals surface area (Å²) in [6.07, 6.45) is 2.34. The number of benzene rings is 1. The van der Waals surface area contributed by atoms with Crippen LogP contribution < -0.4 is 5.32 Å². The summed E-state index contributed by atoms with van der Waals surface area (Å²) in [5.41, 5.74) is 3.01. The van der Waals surface area contributed by atoms with Crippen molar-refractivity contribution >= 4 is 23.1 Å². The first-order chi connectivity index (χ1) is 9.88. The molecule has 20 heavy (non-hydrogen) atoms. The van der Waals surface area contributed by atoms with Gasteiger partial charge in [-0.1, -0.05) is 25.1 Å². The van der Waals surface area contributed by atoms with Crippen LogP contribution in [-0.2, 0) is 6.42 Å². The van der Waals surface area contributed by atoms with Crippen molar-refractivity contribution in [2.24, 2.45) is 0 Å². The average Bonchev–Trinajstić information content (AvgIpc) is 3.12. The number of hydrogen-bond donors (Lipinski definition) is 1. The van der Waals surface area contributed by atoms with Gasteiger partial charge in [0.1, 0.15) is 0 Å². The number of thioether (sulfide) groups is 1. The number of thiophene rings is 1. The summed E-state index contributed by atoms with van der Waals surface area (Å²) in [6.45, 7) is 3.35. The Bertz CT molecular complexity index is 536. The SMILES string of the molecule is CCCNC(Cc1ccsc1)C1CSc2ccccc21. The van der Waals surface area contributed by atoms with Crippen LogP contribution in [0, 0.1) is 0 Å². The molecule has 106 valence electrons. The lowest BCUT2D eigenvalue weighted by atomic mass is 9.89. The van der Waals surface area contributed by atoms with Crippen LogP contribution in [0.5, 0.6) is 0 Å². The highest BCUT2D eigenvalue weighted by atomic mass is 32.2. The molecule has 1 aromatic carbocycles. The summed E-state index contributed by atoms with van der Waals surface area (Å²) < 4.78 is 0. The van der Waals surface area contributed by atoms with E-state index in [1.165, 1.54) is 22.6 Å². The van der Waals surface area contributed by atoms with Crippen molar-refractivity contribution in [3.05, 3.63) is 52.2 Å². The van der Waals surface area contributed by atoms with Gasteiger partial charge in [0.25, 0.3) is 0 Å². The lowest BCUT2D eigenvalue weighted by molar-refractivity contribution is 0.452. The second-order valence-electron chi connectivity index (χ2n) is 5.35. The van der Waals surface area contributed by atoms with Crippen molar-refractivity contribution < 1.29 is 0 Å².